The Morgan fingerprint density at radius 2 is 2.21 bits per heavy atom. The number of hydrogen-bond donors (Lipinski definition) is 2. The van der Waals surface area contributed by atoms with Crippen LogP contribution >= 0.6 is 11.3 Å². The third-order valence-electron chi connectivity index (χ3n) is 3.17. The van der Waals surface area contributed by atoms with Crippen molar-refractivity contribution >= 4 is 27.3 Å². The molecule has 0 radical (unpaired) electrons. The molecule has 0 bridgehead atoms. The van der Waals surface area contributed by atoms with E-state index in [9.17, 15) is 4.79 Å². The number of aryl methyl sites for hydroxylation is 1. The van der Waals surface area contributed by atoms with Gasteiger partial charge in [-0.25, -0.2) is 0 Å². The predicted octanol–water partition coefficient (Wildman–Crippen LogP) is 2.69. The van der Waals surface area contributed by atoms with E-state index in [4.69, 9.17) is 5.73 Å². The lowest BCUT2D eigenvalue weighted by molar-refractivity contribution is -0.121. The largest absolute Gasteiger partial charge is 0.352 e. The van der Waals surface area contributed by atoms with E-state index < -0.39 is 0 Å². The van der Waals surface area contributed by atoms with E-state index in [0.29, 0.717) is 13.0 Å². The van der Waals surface area contributed by atoms with Gasteiger partial charge in [0.15, 0.2) is 0 Å². The van der Waals surface area contributed by atoms with Gasteiger partial charge in [0.1, 0.15) is 0 Å². The van der Waals surface area contributed by atoms with E-state index in [1.54, 1.807) is 11.3 Å². The lowest BCUT2D eigenvalue weighted by Crippen LogP contribution is -2.37. The Morgan fingerprint density at radius 1 is 1.42 bits per heavy atom. The van der Waals surface area contributed by atoms with E-state index in [0.717, 1.165) is 12.8 Å². The highest BCUT2D eigenvalue weighted by molar-refractivity contribution is 7.17. The van der Waals surface area contributed by atoms with Crippen LogP contribution in [0.5, 0.6) is 0 Å². The monoisotopic (exact) mass is 276 g/mol. The number of fused-ring (bicyclic) bond motifs is 1. The summed E-state index contributed by atoms with van der Waals surface area (Å²) in [7, 11) is 0. The van der Waals surface area contributed by atoms with Crippen molar-refractivity contribution in [2.45, 2.75) is 32.2 Å². The lowest BCUT2D eigenvalue weighted by atomic mass is 10.1. The standard InChI is InChI=1S/C15H20N2OS/c1-11(9-16)17-15(18)8-4-5-12-10-19-14-7-3-2-6-13(12)14/h2-3,6-7,10-11H,4-5,8-9,16H2,1H3,(H,17,18)/t11-/m0/s1. The fraction of sp³-hybridized carbons (Fsp3) is 0.400. The normalized spacial score (nSPS) is 12.5. The number of nitrogens with two attached hydrogens (primary N) is 1. The molecular weight excluding hydrogens is 256 g/mol. The molecule has 0 saturated carbocycles. The number of amides is 1. The molecule has 2 rings (SSSR count). The Bertz CT molecular complexity index is 550. The molecule has 19 heavy (non-hydrogen) atoms. The molecule has 1 amide bonds. The number of thiophene rings is 1. The molecule has 0 aliphatic heterocycles. The summed E-state index contributed by atoms with van der Waals surface area (Å²) in [6.45, 7) is 2.41. The second-order valence-corrected chi connectivity index (χ2v) is 5.73. The predicted molar refractivity (Wildman–Crippen MR) is 81.4 cm³/mol. The van der Waals surface area contributed by atoms with Gasteiger partial charge < -0.3 is 11.1 Å². The quantitative estimate of drug-likeness (QED) is 0.852. The Hall–Kier alpha value is -1.39. The van der Waals surface area contributed by atoms with Crippen LogP contribution in [-0.4, -0.2) is 18.5 Å². The SMILES string of the molecule is C[C@@H](CN)NC(=O)CCCc1csc2ccccc12. The van der Waals surface area contributed by atoms with Crippen molar-refractivity contribution in [3.05, 3.63) is 35.2 Å². The topological polar surface area (TPSA) is 55.1 Å². The molecule has 1 aromatic carbocycles. The number of carbonyl (C=O) groups excluding carboxylic acids is 1. The van der Waals surface area contributed by atoms with E-state index >= 15 is 0 Å². The van der Waals surface area contributed by atoms with Crippen molar-refractivity contribution < 1.29 is 4.79 Å². The average Bonchev–Trinajstić information content (AvgIpc) is 2.82. The number of carbonyl (C=O) groups is 1. The Kier molecular flexibility index (Phi) is 4.93. The summed E-state index contributed by atoms with van der Waals surface area (Å²) < 4.78 is 1.32. The van der Waals surface area contributed by atoms with Crippen molar-refractivity contribution in [3.8, 4) is 0 Å². The van der Waals surface area contributed by atoms with Gasteiger partial charge in [0.25, 0.3) is 0 Å². The van der Waals surface area contributed by atoms with Crippen LogP contribution in [0.4, 0.5) is 0 Å². The molecule has 1 atom stereocenters. The molecule has 0 unspecified atom stereocenters. The minimum absolute atomic E-state index is 0.0643. The molecular formula is C15H20N2OS. The minimum atomic E-state index is 0.0643. The van der Waals surface area contributed by atoms with Gasteiger partial charge in [0, 0.05) is 23.7 Å². The maximum absolute atomic E-state index is 11.6. The van der Waals surface area contributed by atoms with Crippen LogP contribution in [0, 0.1) is 0 Å². The van der Waals surface area contributed by atoms with Crippen molar-refractivity contribution in [1.29, 1.82) is 0 Å². The Morgan fingerprint density at radius 3 is 3.00 bits per heavy atom. The molecule has 0 saturated heterocycles. The number of nitrogens with one attached hydrogen (secondary N) is 1. The molecule has 1 heterocycles. The first-order valence-corrected chi connectivity index (χ1v) is 7.53. The Labute approximate surface area is 117 Å². The molecule has 0 aliphatic carbocycles. The minimum Gasteiger partial charge on any atom is -0.352 e. The fourth-order valence-electron chi connectivity index (χ4n) is 2.07. The smallest absolute Gasteiger partial charge is 0.220 e. The van der Waals surface area contributed by atoms with E-state index in [1.165, 1.54) is 15.6 Å². The van der Waals surface area contributed by atoms with Crippen LogP contribution in [0.2, 0.25) is 0 Å². The van der Waals surface area contributed by atoms with Crippen LogP contribution in [0.1, 0.15) is 25.3 Å². The van der Waals surface area contributed by atoms with Gasteiger partial charge in [-0.15, -0.1) is 11.3 Å². The summed E-state index contributed by atoms with van der Waals surface area (Å²) in [5, 5.41) is 6.41. The van der Waals surface area contributed by atoms with Gasteiger partial charge in [0.2, 0.25) is 5.91 Å². The van der Waals surface area contributed by atoms with Crippen molar-refractivity contribution in [2.24, 2.45) is 5.73 Å². The van der Waals surface area contributed by atoms with Crippen LogP contribution in [0.3, 0.4) is 0 Å². The van der Waals surface area contributed by atoms with E-state index in [-0.39, 0.29) is 11.9 Å². The zero-order chi connectivity index (χ0) is 13.7. The lowest BCUT2D eigenvalue weighted by Gasteiger charge is -2.10. The zero-order valence-electron chi connectivity index (χ0n) is 11.2. The first-order valence-electron chi connectivity index (χ1n) is 6.65. The van der Waals surface area contributed by atoms with E-state index in [2.05, 4.69) is 35.0 Å². The van der Waals surface area contributed by atoms with E-state index in [1.807, 2.05) is 6.92 Å². The summed E-state index contributed by atoms with van der Waals surface area (Å²) in [4.78, 5) is 11.6. The van der Waals surface area contributed by atoms with Gasteiger partial charge in [0.05, 0.1) is 0 Å². The highest BCUT2D eigenvalue weighted by atomic mass is 32.1. The molecule has 102 valence electrons. The third kappa shape index (κ3) is 3.78. The second-order valence-electron chi connectivity index (χ2n) is 4.81. The summed E-state index contributed by atoms with van der Waals surface area (Å²) in [6, 6.07) is 8.48. The Balaban J connectivity index is 1.84. The highest BCUT2D eigenvalue weighted by Crippen LogP contribution is 2.26. The van der Waals surface area contributed by atoms with Crippen molar-refractivity contribution in [3.63, 3.8) is 0 Å². The molecule has 0 aliphatic rings. The van der Waals surface area contributed by atoms with Crippen molar-refractivity contribution in [1.82, 2.24) is 5.32 Å². The molecule has 3 nitrogen and oxygen atoms in total. The second kappa shape index (κ2) is 6.68. The first-order chi connectivity index (χ1) is 9.20. The molecule has 0 fully saturated rings. The molecule has 0 spiro atoms. The molecule has 3 N–H and O–H groups in total. The summed E-state index contributed by atoms with van der Waals surface area (Å²) in [6.07, 6.45) is 2.40. The third-order valence-corrected chi connectivity index (χ3v) is 4.18. The summed E-state index contributed by atoms with van der Waals surface area (Å²) in [5.74, 6) is 0.0949. The number of benzene rings is 1. The first kappa shape index (κ1) is 14.0. The van der Waals surface area contributed by atoms with Gasteiger partial charge >= 0.3 is 0 Å². The summed E-state index contributed by atoms with van der Waals surface area (Å²) in [5.41, 5.74) is 6.82. The summed E-state index contributed by atoms with van der Waals surface area (Å²) >= 11 is 1.77. The van der Waals surface area contributed by atoms with Crippen LogP contribution in [-0.2, 0) is 11.2 Å². The fourth-order valence-corrected chi connectivity index (χ4v) is 3.07. The highest BCUT2D eigenvalue weighted by Gasteiger charge is 2.07. The maximum atomic E-state index is 11.6. The van der Waals surface area contributed by atoms with Gasteiger partial charge in [-0.2, -0.15) is 0 Å². The molecule has 4 heteroatoms. The van der Waals surface area contributed by atoms with Gasteiger partial charge in [-0.1, -0.05) is 18.2 Å². The average molecular weight is 276 g/mol. The number of rotatable bonds is 6. The van der Waals surface area contributed by atoms with Gasteiger partial charge in [-0.05, 0) is 42.2 Å². The molecule has 2 aromatic rings. The van der Waals surface area contributed by atoms with Crippen molar-refractivity contribution in [2.75, 3.05) is 6.54 Å². The van der Waals surface area contributed by atoms with Crippen LogP contribution in [0.25, 0.3) is 10.1 Å². The number of hydrogen-bond acceptors (Lipinski definition) is 3. The van der Waals surface area contributed by atoms with Crippen LogP contribution in [0.15, 0.2) is 29.6 Å². The van der Waals surface area contributed by atoms with Gasteiger partial charge in [-0.3, -0.25) is 4.79 Å². The van der Waals surface area contributed by atoms with Crippen LogP contribution < -0.4 is 11.1 Å². The molecule has 1 aromatic heterocycles. The maximum Gasteiger partial charge on any atom is 0.220 e. The zero-order valence-corrected chi connectivity index (χ0v) is 12.0.